The first-order chi connectivity index (χ1) is 10.1. The zero-order valence-electron chi connectivity index (χ0n) is 12.5. The average molecular weight is 289 g/mol. The second-order valence-electron chi connectivity index (χ2n) is 5.56. The summed E-state index contributed by atoms with van der Waals surface area (Å²) >= 11 is 0. The van der Waals surface area contributed by atoms with Gasteiger partial charge < -0.3 is 5.32 Å². The van der Waals surface area contributed by atoms with Crippen LogP contribution < -0.4 is 5.32 Å². The summed E-state index contributed by atoms with van der Waals surface area (Å²) in [6.45, 7) is 2.83. The van der Waals surface area contributed by atoms with Crippen LogP contribution in [0.2, 0.25) is 0 Å². The van der Waals surface area contributed by atoms with Crippen molar-refractivity contribution in [3.8, 4) is 0 Å². The number of hydrogen-bond donors (Lipinski definition) is 1. The fourth-order valence-corrected chi connectivity index (χ4v) is 2.69. The lowest BCUT2D eigenvalue weighted by molar-refractivity contribution is 0.477. The van der Waals surface area contributed by atoms with Gasteiger partial charge in [0.2, 0.25) is 0 Å². The Bertz CT molecular complexity index is 596. The molecule has 0 aromatic heterocycles. The third-order valence-electron chi connectivity index (χ3n) is 3.62. The van der Waals surface area contributed by atoms with Crippen LogP contribution in [0.25, 0.3) is 0 Å². The lowest BCUT2D eigenvalue weighted by atomic mass is 9.91. The van der Waals surface area contributed by atoms with Gasteiger partial charge in [0.25, 0.3) is 0 Å². The Morgan fingerprint density at radius 2 is 1.86 bits per heavy atom. The number of nitrogens with one attached hydrogen (secondary N) is 1. The first-order valence-corrected chi connectivity index (χ1v) is 7.22. The molecule has 0 saturated carbocycles. The summed E-state index contributed by atoms with van der Waals surface area (Å²) in [4.78, 5) is 0. The van der Waals surface area contributed by atoms with Crippen LogP contribution in [0.5, 0.6) is 0 Å². The van der Waals surface area contributed by atoms with Crippen molar-refractivity contribution in [1.82, 2.24) is 5.32 Å². The molecule has 2 aromatic carbocycles. The van der Waals surface area contributed by atoms with E-state index in [1.54, 1.807) is 0 Å². The van der Waals surface area contributed by atoms with E-state index in [0.29, 0.717) is 12.0 Å². The van der Waals surface area contributed by atoms with E-state index in [2.05, 4.69) is 30.4 Å². The summed E-state index contributed by atoms with van der Waals surface area (Å²) in [5.41, 5.74) is 2.89. The van der Waals surface area contributed by atoms with E-state index in [1.807, 2.05) is 13.1 Å². The van der Waals surface area contributed by atoms with Crippen LogP contribution in [0.15, 0.2) is 42.5 Å². The summed E-state index contributed by atoms with van der Waals surface area (Å²) in [7, 11) is 1.88. The molecule has 0 spiro atoms. The molecule has 1 N–H and O–H groups in total. The van der Waals surface area contributed by atoms with Crippen molar-refractivity contribution in [3.63, 3.8) is 0 Å². The molecule has 0 bridgehead atoms. The Balaban J connectivity index is 2.13. The van der Waals surface area contributed by atoms with Crippen molar-refractivity contribution in [2.45, 2.75) is 19.8 Å². The SMILES string of the molecule is CNCC(Cc1cccc(C)c1)Cc1cc(F)ccc1F. The normalized spacial score (nSPS) is 12.4. The predicted molar refractivity (Wildman–Crippen MR) is 82.4 cm³/mol. The maximum Gasteiger partial charge on any atom is 0.126 e. The quantitative estimate of drug-likeness (QED) is 0.850. The van der Waals surface area contributed by atoms with Gasteiger partial charge in [0.15, 0.2) is 0 Å². The number of hydrogen-bond acceptors (Lipinski definition) is 1. The van der Waals surface area contributed by atoms with Crippen molar-refractivity contribution >= 4 is 0 Å². The molecule has 0 radical (unpaired) electrons. The van der Waals surface area contributed by atoms with Crippen molar-refractivity contribution in [1.29, 1.82) is 0 Å². The second kappa shape index (κ2) is 7.32. The lowest BCUT2D eigenvalue weighted by Gasteiger charge is -2.17. The number of rotatable bonds is 6. The molecule has 1 unspecified atom stereocenters. The minimum atomic E-state index is -0.384. The molecule has 1 nitrogen and oxygen atoms in total. The standard InChI is InChI=1S/C18H21F2N/c1-13-4-3-5-14(8-13)9-15(12-21-2)10-16-11-17(19)6-7-18(16)20/h3-8,11,15,21H,9-10,12H2,1-2H3. The Kier molecular flexibility index (Phi) is 5.45. The molecule has 112 valence electrons. The third-order valence-corrected chi connectivity index (χ3v) is 3.62. The summed E-state index contributed by atoms with van der Waals surface area (Å²) in [6, 6.07) is 12.0. The zero-order chi connectivity index (χ0) is 15.2. The van der Waals surface area contributed by atoms with Gasteiger partial charge in [-0.05, 0) is 68.6 Å². The molecule has 0 aliphatic rings. The van der Waals surface area contributed by atoms with Crippen molar-refractivity contribution in [2.75, 3.05) is 13.6 Å². The summed E-state index contributed by atoms with van der Waals surface area (Å²) < 4.78 is 27.1. The number of aryl methyl sites for hydroxylation is 1. The van der Waals surface area contributed by atoms with Gasteiger partial charge in [0.05, 0.1) is 0 Å². The number of halogens is 2. The third kappa shape index (κ3) is 4.64. The first kappa shape index (κ1) is 15.6. The van der Waals surface area contributed by atoms with Gasteiger partial charge in [-0.15, -0.1) is 0 Å². The van der Waals surface area contributed by atoms with Gasteiger partial charge in [-0.1, -0.05) is 29.8 Å². The minimum absolute atomic E-state index is 0.230. The summed E-state index contributed by atoms with van der Waals surface area (Å²) in [5.74, 6) is -0.486. The van der Waals surface area contributed by atoms with Crippen molar-refractivity contribution < 1.29 is 8.78 Å². The van der Waals surface area contributed by atoms with Gasteiger partial charge in [0, 0.05) is 0 Å². The smallest absolute Gasteiger partial charge is 0.126 e. The van der Waals surface area contributed by atoms with Gasteiger partial charge in [-0.2, -0.15) is 0 Å². The molecule has 0 amide bonds. The summed E-state index contributed by atoms with van der Waals surface area (Å²) in [6.07, 6.45) is 1.37. The minimum Gasteiger partial charge on any atom is -0.319 e. The van der Waals surface area contributed by atoms with E-state index < -0.39 is 0 Å². The molecule has 0 heterocycles. The number of benzene rings is 2. The molecule has 3 heteroatoms. The second-order valence-corrected chi connectivity index (χ2v) is 5.56. The molecule has 2 aromatic rings. The largest absolute Gasteiger partial charge is 0.319 e. The zero-order valence-corrected chi connectivity index (χ0v) is 12.5. The van der Waals surface area contributed by atoms with E-state index >= 15 is 0 Å². The summed E-state index contributed by atoms with van der Waals surface area (Å²) in [5, 5.41) is 3.14. The Morgan fingerprint density at radius 3 is 2.57 bits per heavy atom. The molecular formula is C18H21F2N. The Morgan fingerprint density at radius 1 is 1.05 bits per heavy atom. The maximum absolute atomic E-state index is 13.8. The highest BCUT2D eigenvalue weighted by molar-refractivity contribution is 5.24. The van der Waals surface area contributed by atoms with Crippen LogP contribution >= 0.6 is 0 Å². The van der Waals surface area contributed by atoms with E-state index in [9.17, 15) is 8.78 Å². The lowest BCUT2D eigenvalue weighted by Crippen LogP contribution is -2.23. The van der Waals surface area contributed by atoms with Crippen molar-refractivity contribution in [3.05, 3.63) is 70.8 Å². The van der Waals surface area contributed by atoms with Crippen LogP contribution in [0.4, 0.5) is 8.78 Å². The van der Waals surface area contributed by atoms with Crippen LogP contribution in [0.1, 0.15) is 16.7 Å². The van der Waals surface area contributed by atoms with Gasteiger partial charge in [0.1, 0.15) is 11.6 Å². The molecule has 0 saturated heterocycles. The molecular weight excluding hydrogens is 268 g/mol. The molecule has 21 heavy (non-hydrogen) atoms. The first-order valence-electron chi connectivity index (χ1n) is 7.22. The topological polar surface area (TPSA) is 12.0 Å². The van der Waals surface area contributed by atoms with E-state index in [4.69, 9.17) is 0 Å². The predicted octanol–water partition coefficient (Wildman–Crippen LogP) is 3.89. The average Bonchev–Trinajstić information content (AvgIpc) is 2.43. The Labute approximate surface area is 125 Å². The molecule has 1 atom stereocenters. The van der Waals surface area contributed by atoms with Crippen LogP contribution in [-0.4, -0.2) is 13.6 Å². The maximum atomic E-state index is 13.8. The van der Waals surface area contributed by atoms with Crippen LogP contribution in [-0.2, 0) is 12.8 Å². The van der Waals surface area contributed by atoms with Gasteiger partial charge in [-0.25, -0.2) is 8.78 Å². The highest BCUT2D eigenvalue weighted by Crippen LogP contribution is 2.18. The van der Waals surface area contributed by atoms with Gasteiger partial charge in [-0.3, -0.25) is 0 Å². The Hall–Kier alpha value is -1.74. The molecule has 0 aliphatic heterocycles. The monoisotopic (exact) mass is 289 g/mol. The van der Waals surface area contributed by atoms with Crippen molar-refractivity contribution in [2.24, 2.45) is 5.92 Å². The molecule has 0 aliphatic carbocycles. The van der Waals surface area contributed by atoms with E-state index in [0.717, 1.165) is 19.0 Å². The van der Waals surface area contributed by atoms with Crippen LogP contribution in [0, 0.1) is 24.5 Å². The fourth-order valence-electron chi connectivity index (χ4n) is 2.69. The van der Waals surface area contributed by atoms with E-state index in [-0.39, 0.29) is 17.6 Å². The molecule has 0 fully saturated rings. The van der Waals surface area contributed by atoms with Crippen LogP contribution in [0.3, 0.4) is 0 Å². The van der Waals surface area contributed by atoms with Gasteiger partial charge >= 0.3 is 0 Å². The highest BCUT2D eigenvalue weighted by Gasteiger charge is 2.13. The highest BCUT2D eigenvalue weighted by atomic mass is 19.1. The fraction of sp³-hybridized carbons (Fsp3) is 0.333. The van der Waals surface area contributed by atoms with E-state index in [1.165, 1.54) is 23.3 Å². The molecule has 2 rings (SSSR count).